The van der Waals surface area contributed by atoms with E-state index in [-0.39, 0.29) is 0 Å². The van der Waals surface area contributed by atoms with E-state index in [1.54, 1.807) is 0 Å². The molecular formula is C13H23N3. The van der Waals surface area contributed by atoms with E-state index in [1.165, 1.54) is 38.0 Å². The van der Waals surface area contributed by atoms with Crippen LogP contribution in [-0.4, -0.2) is 35.1 Å². The predicted octanol–water partition coefficient (Wildman–Crippen LogP) is 1.60. The molecule has 1 fully saturated rings. The summed E-state index contributed by atoms with van der Waals surface area (Å²) >= 11 is 0. The maximum absolute atomic E-state index is 3.66. The Kier molecular flexibility index (Phi) is 4.02. The number of nitrogens with one attached hydrogen (secondary N) is 1. The largest absolute Gasteiger partial charge is 0.357 e. The van der Waals surface area contributed by atoms with E-state index in [9.17, 15) is 0 Å². The number of rotatable bonds is 4. The van der Waals surface area contributed by atoms with Gasteiger partial charge in [-0.1, -0.05) is 6.92 Å². The second-order valence-electron chi connectivity index (χ2n) is 4.80. The van der Waals surface area contributed by atoms with E-state index >= 15 is 0 Å². The van der Waals surface area contributed by atoms with E-state index < -0.39 is 0 Å². The summed E-state index contributed by atoms with van der Waals surface area (Å²) in [6, 6.07) is 2.86. The van der Waals surface area contributed by atoms with Crippen molar-refractivity contribution in [2.45, 2.75) is 32.4 Å². The first-order valence-corrected chi connectivity index (χ1v) is 6.34. The standard InChI is InChI=1S/C13H23N3/c1-3-16-7-4-5-13(11-16)14-9-12-6-8-15(2)10-12/h6,8,10,13-14H,3-5,7,9,11H2,1-2H3. The average molecular weight is 221 g/mol. The van der Waals surface area contributed by atoms with Gasteiger partial charge in [0.2, 0.25) is 0 Å². The van der Waals surface area contributed by atoms with Crippen LogP contribution in [0.3, 0.4) is 0 Å². The quantitative estimate of drug-likeness (QED) is 0.833. The summed E-state index contributed by atoms with van der Waals surface area (Å²) in [4.78, 5) is 2.53. The number of piperidine rings is 1. The fourth-order valence-corrected chi connectivity index (χ4v) is 2.44. The first-order chi connectivity index (χ1) is 7.78. The molecule has 2 heterocycles. The van der Waals surface area contributed by atoms with Gasteiger partial charge in [-0.3, -0.25) is 0 Å². The molecule has 1 aromatic heterocycles. The van der Waals surface area contributed by atoms with E-state index in [0.717, 1.165) is 6.54 Å². The first kappa shape index (κ1) is 11.7. The Labute approximate surface area is 98.4 Å². The van der Waals surface area contributed by atoms with Crippen LogP contribution in [-0.2, 0) is 13.6 Å². The summed E-state index contributed by atoms with van der Waals surface area (Å²) in [6.07, 6.45) is 6.95. The summed E-state index contributed by atoms with van der Waals surface area (Å²) in [6.45, 7) is 6.93. The Morgan fingerprint density at radius 1 is 1.50 bits per heavy atom. The van der Waals surface area contributed by atoms with Crippen molar-refractivity contribution in [3.8, 4) is 0 Å². The molecule has 0 amide bonds. The molecule has 0 saturated carbocycles. The molecule has 3 heteroatoms. The molecule has 0 bridgehead atoms. The highest BCUT2D eigenvalue weighted by Crippen LogP contribution is 2.10. The maximum atomic E-state index is 3.66. The Balaban J connectivity index is 1.77. The van der Waals surface area contributed by atoms with Crippen LogP contribution in [0.5, 0.6) is 0 Å². The molecule has 1 saturated heterocycles. The number of aryl methyl sites for hydroxylation is 1. The van der Waals surface area contributed by atoms with Crippen molar-refractivity contribution in [2.24, 2.45) is 7.05 Å². The van der Waals surface area contributed by atoms with Crippen molar-refractivity contribution in [3.63, 3.8) is 0 Å². The fraction of sp³-hybridized carbons (Fsp3) is 0.692. The molecule has 0 spiro atoms. The maximum Gasteiger partial charge on any atom is 0.0223 e. The molecule has 0 aromatic carbocycles. The monoisotopic (exact) mass is 221 g/mol. The van der Waals surface area contributed by atoms with Crippen molar-refractivity contribution in [2.75, 3.05) is 19.6 Å². The average Bonchev–Trinajstić information content (AvgIpc) is 2.73. The van der Waals surface area contributed by atoms with Crippen LogP contribution in [0, 0.1) is 0 Å². The molecule has 3 nitrogen and oxygen atoms in total. The number of likely N-dealkylation sites (tertiary alicyclic amines) is 1. The molecule has 2 rings (SSSR count). The van der Waals surface area contributed by atoms with Crippen LogP contribution in [0.4, 0.5) is 0 Å². The van der Waals surface area contributed by atoms with Crippen LogP contribution < -0.4 is 5.32 Å². The minimum absolute atomic E-state index is 0.675. The lowest BCUT2D eigenvalue weighted by molar-refractivity contribution is 0.198. The van der Waals surface area contributed by atoms with Crippen LogP contribution in [0.2, 0.25) is 0 Å². The van der Waals surface area contributed by atoms with Gasteiger partial charge in [-0.2, -0.15) is 0 Å². The molecule has 1 aliphatic heterocycles. The van der Waals surface area contributed by atoms with Crippen molar-refractivity contribution < 1.29 is 0 Å². The number of hydrogen-bond acceptors (Lipinski definition) is 2. The highest BCUT2D eigenvalue weighted by molar-refractivity contribution is 5.09. The highest BCUT2D eigenvalue weighted by atomic mass is 15.2. The van der Waals surface area contributed by atoms with E-state index in [0.29, 0.717) is 6.04 Å². The molecule has 1 unspecified atom stereocenters. The zero-order valence-corrected chi connectivity index (χ0v) is 10.4. The lowest BCUT2D eigenvalue weighted by Gasteiger charge is -2.32. The molecule has 90 valence electrons. The second kappa shape index (κ2) is 5.51. The van der Waals surface area contributed by atoms with Gasteiger partial charge in [0.15, 0.2) is 0 Å². The molecule has 1 aliphatic rings. The van der Waals surface area contributed by atoms with Gasteiger partial charge >= 0.3 is 0 Å². The number of aromatic nitrogens is 1. The van der Waals surface area contributed by atoms with Gasteiger partial charge in [-0.05, 0) is 37.6 Å². The predicted molar refractivity (Wildman–Crippen MR) is 67.4 cm³/mol. The minimum atomic E-state index is 0.675. The highest BCUT2D eigenvalue weighted by Gasteiger charge is 2.17. The Morgan fingerprint density at radius 3 is 3.06 bits per heavy atom. The van der Waals surface area contributed by atoms with Crippen LogP contribution >= 0.6 is 0 Å². The number of hydrogen-bond donors (Lipinski definition) is 1. The van der Waals surface area contributed by atoms with Crippen molar-refractivity contribution in [1.29, 1.82) is 0 Å². The molecule has 16 heavy (non-hydrogen) atoms. The summed E-state index contributed by atoms with van der Waals surface area (Å²) in [5.74, 6) is 0. The number of likely N-dealkylation sites (N-methyl/N-ethyl adjacent to an activating group) is 1. The lowest BCUT2D eigenvalue weighted by Crippen LogP contribution is -2.45. The molecule has 1 atom stereocenters. The third-order valence-electron chi connectivity index (χ3n) is 3.44. The Bertz CT molecular complexity index is 319. The minimum Gasteiger partial charge on any atom is -0.357 e. The van der Waals surface area contributed by atoms with Gasteiger partial charge in [0.25, 0.3) is 0 Å². The number of nitrogens with zero attached hydrogens (tertiary/aromatic N) is 2. The Morgan fingerprint density at radius 2 is 2.38 bits per heavy atom. The molecule has 0 radical (unpaired) electrons. The Hall–Kier alpha value is -0.800. The molecule has 1 aromatic rings. The first-order valence-electron chi connectivity index (χ1n) is 6.34. The van der Waals surface area contributed by atoms with Crippen LogP contribution in [0.25, 0.3) is 0 Å². The summed E-state index contributed by atoms with van der Waals surface area (Å²) in [5.41, 5.74) is 1.39. The smallest absolute Gasteiger partial charge is 0.0223 e. The SMILES string of the molecule is CCN1CCCC(NCc2ccn(C)c2)C1. The molecular weight excluding hydrogens is 198 g/mol. The molecule has 0 aliphatic carbocycles. The zero-order chi connectivity index (χ0) is 11.4. The van der Waals surface area contributed by atoms with E-state index in [4.69, 9.17) is 0 Å². The summed E-state index contributed by atoms with van der Waals surface area (Å²) in [5, 5.41) is 3.66. The third kappa shape index (κ3) is 3.09. The third-order valence-corrected chi connectivity index (χ3v) is 3.44. The van der Waals surface area contributed by atoms with Gasteiger partial charge in [-0.15, -0.1) is 0 Å². The zero-order valence-electron chi connectivity index (χ0n) is 10.4. The fourth-order valence-electron chi connectivity index (χ4n) is 2.44. The van der Waals surface area contributed by atoms with Gasteiger partial charge in [-0.25, -0.2) is 0 Å². The van der Waals surface area contributed by atoms with Crippen molar-refractivity contribution in [1.82, 2.24) is 14.8 Å². The summed E-state index contributed by atoms with van der Waals surface area (Å²) in [7, 11) is 2.07. The second-order valence-corrected chi connectivity index (χ2v) is 4.80. The van der Waals surface area contributed by atoms with E-state index in [1.807, 2.05) is 0 Å². The van der Waals surface area contributed by atoms with Crippen molar-refractivity contribution >= 4 is 0 Å². The molecule has 1 N–H and O–H groups in total. The van der Waals surface area contributed by atoms with Gasteiger partial charge < -0.3 is 14.8 Å². The normalized spacial score (nSPS) is 22.5. The van der Waals surface area contributed by atoms with Crippen LogP contribution in [0.15, 0.2) is 18.5 Å². The van der Waals surface area contributed by atoms with Crippen molar-refractivity contribution in [3.05, 3.63) is 24.0 Å². The van der Waals surface area contributed by atoms with Gasteiger partial charge in [0, 0.05) is 38.6 Å². The summed E-state index contributed by atoms with van der Waals surface area (Å²) < 4.78 is 2.11. The van der Waals surface area contributed by atoms with Gasteiger partial charge in [0.05, 0.1) is 0 Å². The van der Waals surface area contributed by atoms with Crippen LogP contribution in [0.1, 0.15) is 25.3 Å². The van der Waals surface area contributed by atoms with Gasteiger partial charge in [0.1, 0.15) is 0 Å². The lowest BCUT2D eigenvalue weighted by atomic mass is 10.1. The van der Waals surface area contributed by atoms with E-state index in [2.05, 4.69) is 47.2 Å². The topological polar surface area (TPSA) is 20.2 Å².